The minimum Gasteiger partial charge on any atom is -0.463 e. The number of carbonyl (C=O) groups is 1. The molecule has 0 fully saturated rings. The number of halogens is 1. The molecule has 4 heterocycles. The molecule has 0 saturated carbocycles. The Labute approximate surface area is 256 Å². The van der Waals surface area contributed by atoms with Gasteiger partial charge in [-0.1, -0.05) is 35.1 Å². The van der Waals surface area contributed by atoms with Crippen LogP contribution in [-0.2, 0) is 22.4 Å². The summed E-state index contributed by atoms with van der Waals surface area (Å²) >= 11 is 9.17. The van der Waals surface area contributed by atoms with Crippen LogP contribution in [0.1, 0.15) is 71.2 Å². The third-order valence-electron chi connectivity index (χ3n) is 7.93. The number of hydrogen-bond donors (Lipinski definition) is 0. The van der Waals surface area contributed by atoms with Gasteiger partial charge in [0, 0.05) is 21.3 Å². The van der Waals surface area contributed by atoms with Crippen LogP contribution in [0.3, 0.4) is 0 Å². The molecule has 0 spiro atoms. The first-order valence-electron chi connectivity index (χ1n) is 13.9. The highest BCUT2D eigenvalue weighted by atomic mass is 35.5. The Morgan fingerprint density at radius 3 is 2.64 bits per heavy atom. The fourth-order valence-corrected chi connectivity index (χ4v) is 8.58. The first kappa shape index (κ1) is 28.4. The average molecular weight is 617 g/mol. The van der Waals surface area contributed by atoms with E-state index >= 15 is 0 Å². The molecule has 1 aliphatic heterocycles. The van der Waals surface area contributed by atoms with E-state index in [0.717, 1.165) is 58.8 Å². The molecule has 1 aromatic carbocycles. The zero-order valence-corrected chi connectivity index (χ0v) is 26.2. The van der Waals surface area contributed by atoms with Crippen molar-refractivity contribution < 1.29 is 9.53 Å². The summed E-state index contributed by atoms with van der Waals surface area (Å²) in [5.74, 6) is -0.497. The number of hydrogen-bond acceptors (Lipinski definition) is 7. The minimum absolute atomic E-state index is 0.212. The number of aryl methyl sites for hydroxylation is 2. The Hall–Kier alpha value is -3.71. The van der Waals surface area contributed by atoms with Crippen molar-refractivity contribution in [2.24, 2.45) is 4.99 Å². The van der Waals surface area contributed by atoms with Crippen LogP contribution in [0.2, 0.25) is 5.02 Å². The summed E-state index contributed by atoms with van der Waals surface area (Å²) in [4.78, 5) is 33.7. The number of aromatic nitrogens is 2. The molecule has 1 aliphatic carbocycles. The SMILES string of the molecule is CCOC(=O)C1=C(C)N=c2s/c(=C/c3cc(C)n(-c4sc5c(c4C#N)CCCC5)c3C)c(=O)n2[C@H]1c1ccc(Cl)cc1. The van der Waals surface area contributed by atoms with Crippen molar-refractivity contribution in [3.8, 4) is 11.1 Å². The molecule has 0 amide bonds. The van der Waals surface area contributed by atoms with Gasteiger partial charge in [-0.3, -0.25) is 9.36 Å². The molecule has 0 N–H and O–H groups in total. The number of thiophene rings is 1. The normalized spacial score (nSPS) is 16.6. The number of benzene rings is 1. The fourth-order valence-electron chi connectivity index (χ4n) is 5.96. The molecule has 7 nitrogen and oxygen atoms in total. The number of nitriles is 1. The van der Waals surface area contributed by atoms with E-state index in [2.05, 4.69) is 21.7 Å². The predicted octanol–water partition coefficient (Wildman–Crippen LogP) is 5.67. The number of esters is 1. The number of rotatable bonds is 5. The quantitative estimate of drug-likeness (QED) is 0.270. The summed E-state index contributed by atoms with van der Waals surface area (Å²) in [7, 11) is 0. The summed E-state index contributed by atoms with van der Waals surface area (Å²) in [5, 5.41) is 11.6. The van der Waals surface area contributed by atoms with Crippen molar-refractivity contribution in [1.82, 2.24) is 9.13 Å². The average Bonchev–Trinajstić information content (AvgIpc) is 3.58. The molecule has 0 radical (unpaired) electrons. The van der Waals surface area contributed by atoms with Crippen LogP contribution < -0.4 is 14.9 Å². The lowest BCUT2D eigenvalue weighted by molar-refractivity contribution is -0.139. The topological polar surface area (TPSA) is 89.4 Å². The minimum atomic E-state index is -0.692. The molecule has 6 rings (SSSR count). The van der Waals surface area contributed by atoms with Gasteiger partial charge < -0.3 is 9.30 Å². The van der Waals surface area contributed by atoms with Crippen molar-refractivity contribution in [3.63, 3.8) is 0 Å². The summed E-state index contributed by atoms with van der Waals surface area (Å²) in [6.07, 6.45) is 6.13. The van der Waals surface area contributed by atoms with Gasteiger partial charge in [0.15, 0.2) is 4.80 Å². The molecule has 10 heteroatoms. The molecule has 3 aromatic heterocycles. The lowest BCUT2D eigenvalue weighted by Gasteiger charge is -2.24. The fraction of sp³-hybridized carbons (Fsp3) is 0.312. The van der Waals surface area contributed by atoms with Crippen molar-refractivity contribution in [2.45, 2.75) is 59.4 Å². The molecular formula is C32H29ClN4O3S2. The predicted molar refractivity (Wildman–Crippen MR) is 166 cm³/mol. The van der Waals surface area contributed by atoms with Crippen molar-refractivity contribution in [3.05, 3.63) is 105 Å². The molecular weight excluding hydrogens is 588 g/mol. The van der Waals surface area contributed by atoms with Crippen molar-refractivity contribution >= 4 is 46.3 Å². The first-order valence-corrected chi connectivity index (χ1v) is 15.9. The molecule has 0 unspecified atom stereocenters. The first-order chi connectivity index (χ1) is 20.2. The number of allylic oxidation sites excluding steroid dienone is 1. The van der Waals surface area contributed by atoms with Crippen LogP contribution in [0, 0.1) is 25.2 Å². The second-order valence-corrected chi connectivity index (χ2v) is 13.0. The van der Waals surface area contributed by atoms with Crippen LogP contribution in [-0.4, -0.2) is 21.7 Å². The van der Waals surface area contributed by atoms with E-state index in [9.17, 15) is 14.9 Å². The van der Waals surface area contributed by atoms with E-state index in [1.807, 2.05) is 32.1 Å². The van der Waals surface area contributed by atoms with Crippen LogP contribution in [0.4, 0.5) is 0 Å². The van der Waals surface area contributed by atoms with Crippen molar-refractivity contribution in [1.29, 1.82) is 5.26 Å². The molecule has 42 heavy (non-hydrogen) atoms. The Morgan fingerprint density at radius 2 is 1.93 bits per heavy atom. The lowest BCUT2D eigenvalue weighted by Crippen LogP contribution is -2.39. The smallest absolute Gasteiger partial charge is 0.338 e. The third-order valence-corrected chi connectivity index (χ3v) is 10.4. The zero-order chi connectivity index (χ0) is 29.7. The molecule has 4 aromatic rings. The number of fused-ring (bicyclic) bond motifs is 2. The highest BCUT2D eigenvalue weighted by Gasteiger charge is 2.33. The second kappa shape index (κ2) is 11.2. The summed E-state index contributed by atoms with van der Waals surface area (Å²) in [6, 6.07) is 11.0. The Balaban J connectivity index is 1.51. The van der Waals surface area contributed by atoms with E-state index in [-0.39, 0.29) is 12.2 Å². The van der Waals surface area contributed by atoms with Gasteiger partial charge in [-0.25, -0.2) is 9.79 Å². The Morgan fingerprint density at radius 1 is 1.19 bits per heavy atom. The van der Waals surface area contributed by atoms with Crippen LogP contribution in [0.5, 0.6) is 0 Å². The monoisotopic (exact) mass is 616 g/mol. The summed E-state index contributed by atoms with van der Waals surface area (Å²) < 4.78 is 9.62. The number of thiazole rings is 1. The van der Waals surface area contributed by atoms with Crippen LogP contribution in [0.15, 0.2) is 51.4 Å². The van der Waals surface area contributed by atoms with Gasteiger partial charge in [-0.05, 0) is 94.3 Å². The largest absolute Gasteiger partial charge is 0.463 e. The van der Waals surface area contributed by atoms with E-state index in [1.54, 1.807) is 41.9 Å². The molecule has 214 valence electrons. The summed E-state index contributed by atoms with van der Waals surface area (Å²) in [6.45, 7) is 7.79. The van der Waals surface area contributed by atoms with Gasteiger partial charge in [-0.2, -0.15) is 5.26 Å². The van der Waals surface area contributed by atoms with Gasteiger partial charge in [0.05, 0.1) is 34.0 Å². The number of carbonyl (C=O) groups excluding carboxylic acids is 1. The maximum absolute atomic E-state index is 14.0. The molecule has 0 bridgehead atoms. The Kier molecular flexibility index (Phi) is 7.56. The van der Waals surface area contributed by atoms with E-state index in [0.29, 0.717) is 25.6 Å². The summed E-state index contributed by atoms with van der Waals surface area (Å²) in [5.41, 5.74) is 6.19. The van der Waals surface area contributed by atoms with E-state index < -0.39 is 12.0 Å². The van der Waals surface area contributed by atoms with Gasteiger partial charge in [0.2, 0.25) is 0 Å². The maximum atomic E-state index is 14.0. The highest BCUT2D eigenvalue weighted by molar-refractivity contribution is 7.15. The second-order valence-electron chi connectivity index (χ2n) is 10.5. The highest BCUT2D eigenvalue weighted by Crippen LogP contribution is 2.38. The standard InChI is InChI=1S/C32H29ClN4O3S2/c1-5-40-31(39)27-18(3)35-32-37(28(27)20-10-12-22(33)13-11-20)29(38)26(42-32)15-21-14-17(2)36(19(21)4)30-24(16-34)23-8-6-7-9-25(23)41-30/h10-15,28H,5-9H2,1-4H3/b26-15+/t28-/m0/s1. The Bertz CT molecular complexity index is 2000. The number of ether oxygens (including phenoxy) is 1. The van der Waals surface area contributed by atoms with Gasteiger partial charge in [0.1, 0.15) is 11.1 Å². The molecule has 0 saturated heterocycles. The van der Waals surface area contributed by atoms with Gasteiger partial charge in [-0.15, -0.1) is 11.3 Å². The maximum Gasteiger partial charge on any atom is 0.338 e. The molecule has 1 atom stereocenters. The van der Waals surface area contributed by atoms with Crippen molar-refractivity contribution in [2.75, 3.05) is 6.61 Å². The molecule has 2 aliphatic rings. The number of nitrogens with zero attached hydrogens (tertiary/aromatic N) is 4. The van der Waals surface area contributed by atoms with E-state index in [4.69, 9.17) is 16.3 Å². The van der Waals surface area contributed by atoms with E-state index in [1.165, 1.54) is 21.8 Å². The lowest BCUT2D eigenvalue weighted by atomic mass is 9.96. The zero-order valence-electron chi connectivity index (χ0n) is 23.8. The van der Waals surface area contributed by atoms with Crippen LogP contribution in [0.25, 0.3) is 11.1 Å². The van der Waals surface area contributed by atoms with Gasteiger partial charge >= 0.3 is 5.97 Å². The van der Waals surface area contributed by atoms with Crippen LogP contribution >= 0.6 is 34.3 Å². The third kappa shape index (κ3) is 4.68. The van der Waals surface area contributed by atoms with Gasteiger partial charge in [0.25, 0.3) is 5.56 Å².